The van der Waals surface area contributed by atoms with E-state index in [2.05, 4.69) is 0 Å². The van der Waals surface area contributed by atoms with Crippen LogP contribution in [0.1, 0.15) is 22.3 Å². The predicted molar refractivity (Wildman–Crippen MR) is 226 cm³/mol. The number of rotatable bonds is 4. The van der Waals surface area contributed by atoms with Gasteiger partial charge in [-0.1, -0.05) is 70.7 Å². The van der Waals surface area contributed by atoms with Crippen molar-refractivity contribution in [1.82, 2.24) is 0 Å². The molecule has 9 rings (SSSR count). The maximum atomic E-state index is 10.6. The van der Waals surface area contributed by atoms with Crippen LogP contribution in [0.2, 0.25) is 20.1 Å². The lowest BCUT2D eigenvalue weighted by atomic mass is 9.85. The highest BCUT2D eigenvalue weighted by Gasteiger charge is 2.34. The Kier molecular flexibility index (Phi) is 8.79. The Hall–Kier alpha value is -6.16. The number of allylic oxidation sites excluding steroid dienone is 12. The molecule has 0 unspecified atom stereocenters. The molecule has 0 aliphatic carbocycles. The number of fused-ring (bicyclic) bond motifs is 4. The molecule has 0 radical (unpaired) electrons. The summed E-state index contributed by atoms with van der Waals surface area (Å²) in [6.07, 6.45) is 15.0. The summed E-state index contributed by atoms with van der Waals surface area (Å²) in [7, 11) is 0. The van der Waals surface area contributed by atoms with Gasteiger partial charge in [-0.15, -0.1) is 0 Å². The number of phenols is 4. The number of hydrogen-bond donors (Lipinski definition) is 4. The fraction of sp³-hybridized carbons (Fsp3) is 0. The minimum Gasteiger partial charge on any atom is -0.506 e. The Morgan fingerprint density at radius 3 is 1.38 bits per heavy atom. The van der Waals surface area contributed by atoms with Gasteiger partial charge in [0.2, 0.25) is 0 Å². The van der Waals surface area contributed by atoms with E-state index >= 15 is 0 Å². The van der Waals surface area contributed by atoms with Gasteiger partial charge in [0.15, 0.2) is 0 Å². The molecule has 56 heavy (non-hydrogen) atoms. The van der Waals surface area contributed by atoms with Crippen LogP contribution in [0.5, 0.6) is 23.0 Å². The van der Waals surface area contributed by atoms with Crippen LogP contribution in [0.4, 0.5) is 0 Å². The second-order valence-corrected chi connectivity index (χ2v) is 14.7. The fourth-order valence-corrected chi connectivity index (χ4v) is 7.58. The highest BCUT2D eigenvalue weighted by atomic mass is 35.5. The lowest BCUT2D eigenvalue weighted by Crippen LogP contribution is -2.07. The summed E-state index contributed by atoms with van der Waals surface area (Å²) in [5.41, 5.74) is 9.31. The van der Waals surface area contributed by atoms with Gasteiger partial charge < -0.3 is 20.4 Å². The Morgan fingerprint density at radius 2 is 0.839 bits per heavy atom. The van der Waals surface area contributed by atoms with Crippen LogP contribution >= 0.6 is 46.4 Å². The standard InChI is InChI=1S/C44H24Cl4N4O4/c45-31-13-21(1-9-36(31)53)30-19-29-18-27-6-5-25(49-27)17-26-7-8-28(50-26)20-35-40(22-2-10-37(54)32(46)14-22)41(23-3-11-38(55)33(47)15-23)44(52-35)42(43(30)51-29)24-4-12-39(56)34(48)16-24/h1-20,53-56H. The molecule has 0 fully saturated rings. The van der Waals surface area contributed by atoms with E-state index in [-0.39, 0.29) is 43.1 Å². The molecule has 0 spiro atoms. The first-order valence-corrected chi connectivity index (χ1v) is 18.5. The Labute approximate surface area is 339 Å². The van der Waals surface area contributed by atoms with Gasteiger partial charge in [-0.3, -0.25) is 0 Å². The zero-order valence-corrected chi connectivity index (χ0v) is 31.7. The van der Waals surface area contributed by atoms with Crippen molar-refractivity contribution >= 4 is 91.5 Å². The third-order valence-electron chi connectivity index (χ3n) is 9.45. The number of phenolic OH excluding ortho intramolecular Hbond substituents is 4. The van der Waals surface area contributed by atoms with Crippen molar-refractivity contribution in [3.63, 3.8) is 0 Å². The van der Waals surface area contributed by atoms with E-state index in [4.69, 9.17) is 66.4 Å². The van der Waals surface area contributed by atoms with Gasteiger partial charge in [0.25, 0.3) is 0 Å². The first kappa shape index (κ1) is 35.5. The monoisotopic (exact) mass is 812 g/mol. The van der Waals surface area contributed by atoms with E-state index < -0.39 is 0 Å². The van der Waals surface area contributed by atoms with Gasteiger partial charge in [0.05, 0.1) is 65.7 Å². The quantitative estimate of drug-likeness (QED) is 0.163. The number of aliphatic imine (C=N–C) groups is 4. The zero-order chi connectivity index (χ0) is 38.8. The maximum absolute atomic E-state index is 10.6. The van der Waals surface area contributed by atoms with Crippen molar-refractivity contribution in [2.24, 2.45) is 20.0 Å². The van der Waals surface area contributed by atoms with Gasteiger partial charge in [-0.05, 0) is 119 Å². The average Bonchev–Trinajstić information content (AvgIpc) is 3.98. The van der Waals surface area contributed by atoms with Crippen LogP contribution in [0.15, 0.2) is 164 Å². The minimum atomic E-state index is -0.123. The van der Waals surface area contributed by atoms with Crippen LogP contribution in [-0.4, -0.2) is 43.3 Å². The molecule has 5 aliphatic rings. The third kappa shape index (κ3) is 6.42. The van der Waals surface area contributed by atoms with E-state index in [0.29, 0.717) is 90.2 Å². The second-order valence-electron chi connectivity index (χ2n) is 13.1. The Bertz CT molecular complexity index is 2880. The average molecular weight is 815 g/mol. The number of aromatic hydroxyl groups is 4. The van der Waals surface area contributed by atoms with E-state index in [1.807, 2.05) is 48.6 Å². The molecule has 0 atom stereocenters. The number of nitrogens with zero attached hydrogens (tertiary/aromatic N) is 4. The Morgan fingerprint density at radius 1 is 0.393 bits per heavy atom. The molecule has 5 aliphatic heterocycles. The van der Waals surface area contributed by atoms with Crippen molar-refractivity contribution in [3.05, 3.63) is 187 Å². The molecular weight excluding hydrogens is 790 g/mol. The van der Waals surface area contributed by atoms with Crippen molar-refractivity contribution in [3.8, 4) is 23.0 Å². The van der Waals surface area contributed by atoms with Crippen LogP contribution < -0.4 is 0 Å². The predicted octanol–water partition coefficient (Wildman–Crippen LogP) is 11.1. The molecule has 12 heteroatoms. The summed E-state index contributed by atoms with van der Waals surface area (Å²) in [5, 5.41) is 42.5. The molecule has 4 aromatic rings. The summed E-state index contributed by atoms with van der Waals surface area (Å²) in [4.78, 5) is 20.2. The second kappa shape index (κ2) is 13.8. The van der Waals surface area contributed by atoms with Crippen LogP contribution in [0.25, 0.3) is 22.3 Å². The van der Waals surface area contributed by atoms with Crippen molar-refractivity contribution in [2.75, 3.05) is 0 Å². The summed E-state index contributed by atoms with van der Waals surface area (Å²) < 4.78 is 0. The molecule has 272 valence electrons. The van der Waals surface area contributed by atoms with E-state index in [0.717, 1.165) is 0 Å². The first-order valence-electron chi connectivity index (χ1n) is 17.0. The van der Waals surface area contributed by atoms with Crippen LogP contribution in [-0.2, 0) is 0 Å². The molecule has 5 heterocycles. The number of halogens is 4. The lowest BCUT2D eigenvalue weighted by molar-refractivity contribution is 0.475. The first-order chi connectivity index (χ1) is 27.0. The van der Waals surface area contributed by atoms with Gasteiger partial charge >= 0.3 is 0 Å². The molecule has 8 bridgehead atoms. The summed E-state index contributed by atoms with van der Waals surface area (Å²) in [6.45, 7) is 0. The molecule has 0 saturated heterocycles. The van der Waals surface area contributed by atoms with E-state index in [1.165, 1.54) is 24.3 Å². The third-order valence-corrected chi connectivity index (χ3v) is 10.7. The van der Waals surface area contributed by atoms with E-state index in [1.54, 1.807) is 48.5 Å². The molecule has 8 nitrogen and oxygen atoms in total. The molecule has 4 N–H and O–H groups in total. The fourth-order valence-electron chi connectivity index (χ4n) is 6.86. The highest BCUT2D eigenvalue weighted by Crippen LogP contribution is 2.48. The normalized spacial score (nSPS) is 17.1. The highest BCUT2D eigenvalue weighted by molar-refractivity contribution is 6.51. The number of hydrogen-bond acceptors (Lipinski definition) is 8. The molecule has 0 saturated carbocycles. The summed E-state index contributed by atoms with van der Waals surface area (Å²) in [5.74, 6) is -0.424. The lowest BCUT2D eigenvalue weighted by Gasteiger charge is -2.18. The van der Waals surface area contributed by atoms with Crippen LogP contribution in [0.3, 0.4) is 0 Å². The van der Waals surface area contributed by atoms with E-state index in [9.17, 15) is 20.4 Å². The van der Waals surface area contributed by atoms with Crippen LogP contribution in [0, 0.1) is 0 Å². The molecule has 0 amide bonds. The zero-order valence-electron chi connectivity index (χ0n) is 28.6. The summed E-state index contributed by atoms with van der Waals surface area (Å²) in [6, 6.07) is 19.5. The largest absolute Gasteiger partial charge is 0.506 e. The van der Waals surface area contributed by atoms with Crippen molar-refractivity contribution < 1.29 is 20.4 Å². The van der Waals surface area contributed by atoms with Gasteiger partial charge in [0, 0.05) is 22.3 Å². The SMILES string of the molecule is Oc1ccc(C2=CC3=CC4=NC(=CC5=NC(=CC6=NC(=C(c7ccc(O)c(Cl)c7)C2=N3)C(c2ccc(O)c(Cl)c2)=C6c2ccc(O)c(Cl)c2)C=C5)C=C4)cc1Cl. The number of benzene rings is 4. The van der Waals surface area contributed by atoms with Crippen molar-refractivity contribution in [1.29, 1.82) is 0 Å². The molecule has 4 aromatic carbocycles. The van der Waals surface area contributed by atoms with Gasteiger partial charge in [0.1, 0.15) is 23.0 Å². The molecular formula is C44H24Cl4N4O4. The smallest absolute Gasteiger partial charge is 0.134 e. The van der Waals surface area contributed by atoms with Crippen molar-refractivity contribution in [2.45, 2.75) is 0 Å². The Balaban J connectivity index is 1.46. The minimum absolute atomic E-state index is 0.0845. The van der Waals surface area contributed by atoms with Gasteiger partial charge in [-0.25, -0.2) is 20.0 Å². The van der Waals surface area contributed by atoms with Gasteiger partial charge in [-0.2, -0.15) is 0 Å². The topological polar surface area (TPSA) is 130 Å². The maximum Gasteiger partial charge on any atom is 0.134 e. The molecule has 0 aromatic heterocycles. The summed E-state index contributed by atoms with van der Waals surface area (Å²) >= 11 is 26.3.